The van der Waals surface area contributed by atoms with E-state index in [2.05, 4.69) is 0 Å². The number of rotatable bonds is 14. The van der Waals surface area contributed by atoms with Crippen molar-refractivity contribution in [2.75, 3.05) is 20.3 Å². The summed E-state index contributed by atoms with van der Waals surface area (Å²) in [5.74, 6) is 1.97. The molecule has 0 aliphatic carbocycles. The number of carbonyl (C=O) groups is 1. The molecule has 1 amide bonds. The highest BCUT2D eigenvalue weighted by molar-refractivity contribution is 5.70. The molecule has 0 aromatic heterocycles. The fourth-order valence-electron chi connectivity index (χ4n) is 4.98. The SMILES string of the molecule is COc1ccc(CO[C@H]([C@@H](C)[C@@H](O)[C@H](C)CN2C(=O)OC[C@H]2Cc2ccccc2)[C@@H](C)/C=C\C=C=O)cc1. The molecule has 204 valence electrons. The first-order chi connectivity index (χ1) is 18.3. The van der Waals surface area contributed by atoms with Crippen LogP contribution >= 0.6 is 0 Å². The minimum absolute atomic E-state index is 0.0750. The van der Waals surface area contributed by atoms with Gasteiger partial charge in [0.1, 0.15) is 18.3 Å². The van der Waals surface area contributed by atoms with Gasteiger partial charge in [-0.3, -0.25) is 0 Å². The van der Waals surface area contributed by atoms with E-state index in [-0.39, 0.29) is 36.0 Å². The number of aliphatic hydroxyl groups is 1. The molecular formula is C31H39NO6. The molecule has 2 aromatic rings. The molecule has 1 aliphatic rings. The number of aliphatic hydroxyl groups excluding tert-OH is 1. The first-order valence-electron chi connectivity index (χ1n) is 13.1. The third-order valence-electron chi connectivity index (χ3n) is 7.21. The third-order valence-corrected chi connectivity index (χ3v) is 7.21. The first-order valence-corrected chi connectivity index (χ1v) is 13.1. The van der Waals surface area contributed by atoms with Crippen molar-refractivity contribution in [1.29, 1.82) is 0 Å². The van der Waals surface area contributed by atoms with Crippen LogP contribution in [0.1, 0.15) is 31.9 Å². The fraction of sp³-hybridized carbons (Fsp3) is 0.452. The molecule has 6 atom stereocenters. The Hall–Kier alpha value is -3.38. The van der Waals surface area contributed by atoms with Crippen molar-refractivity contribution < 1.29 is 28.9 Å². The predicted molar refractivity (Wildman–Crippen MR) is 146 cm³/mol. The van der Waals surface area contributed by atoms with Crippen LogP contribution < -0.4 is 4.74 Å². The van der Waals surface area contributed by atoms with Gasteiger partial charge in [-0.1, -0.05) is 75.4 Å². The maximum atomic E-state index is 12.5. The molecule has 0 radical (unpaired) electrons. The van der Waals surface area contributed by atoms with Crippen molar-refractivity contribution in [1.82, 2.24) is 4.90 Å². The Morgan fingerprint density at radius 2 is 1.82 bits per heavy atom. The average Bonchev–Trinajstić information content (AvgIpc) is 3.27. The predicted octanol–water partition coefficient (Wildman–Crippen LogP) is 4.86. The summed E-state index contributed by atoms with van der Waals surface area (Å²) >= 11 is 0. The number of methoxy groups -OCH3 is 1. The zero-order valence-corrected chi connectivity index (χ0v) is 22.7. The maximum Gasteiger partial charge on any atom is 0.410 e. The summed E-state index contributed by atoms with van der Waals surface area (Å²) in [6, 6.07) is 17.6. The quantitative estimate of drug-likeness (QED) is 0.282. The van der Waals surface area contributed by atoms with Gasteiger partial charge in [-0.25, -0.2) is 9.59 Å². The van der Waals surface area contributed by atoms with E-state index in [0.717, 1.165) is 16.9 Å². The number of benzene rings is 2. The van der Waals surface area contributed by atoms with E-state index >= 15 is 0 Å². The summed E-state index contributed by atoms with van der Waals surface area (Å²) in [7, 11) is 1.62. The summed E-state index contributed by atoms with van der Waals surface area (Å²) in [5, 5.41) is 11.4. The van der Waals surface area contributed by atoms with Gasteiger partial charge in [0.25, 0.3) is 0 Å². The second-order valence-electron chi connectivity index (χ2n) is 10.1. The molecule has 7 nitrogen and oxygen atoms in total. The third kappa shape index (κ3) is 8.06. The van der Waals surface area contributed by atoms with Crippen LogP contribution in [0, 0.1) is 17.8 Å². The lowest BCUT2D eigenvalue weighted by atomic mass is 9.83. The van der Waals surface area contributed by atoms with Crippen LogP contribution in [0.2, 0.25) is 0 Å². The number of hydrogen-bond donors (Lipinski definition) is 1. The molecular weight excluding hydrogens is 482 g/mol. The molecule has 0 spiro atoms. The Bertz CT molecular complexity index is 1080. The van der Waals surface area contributed by atoms with Crippen molar-refractivity contribution >= 4 is 12.0 Å². The summed E-state index contributed by atoms with van der Waals surface area (Å²) in [6.07, 6.45) is 4.12. The van der Waals surface area contributed by atoms with Gasteiger partial charge in [-0.05, 0) is 29.7 Å². The van der Waals surface area contributed by atoms with Crippen LogP contribution in [0.5, 0.6) is 5.75 Å². The average molecular weight is 522 g/mol. The molecule has 0 unspecified atom stereocenters. The number of amides is 1. The molecule has 0 saturated carbocycles. The Morgan fingerprint density at radius 1 is 1.11 bits per heavy atom. The summed E-state index contributed by atoms with van der Waals surface area (Å²) in [6.45, 7) is 6.98. The van der Waals surface area contributed by atoms with Gasteiger partial charge >= 0.3 is 6.09 Å². The molecule has 1 heterocycles. The molecule has 1 aliphatic heterocycles. The van der Waals surface area contributed by atoms with Gasteiger partial charge in [-0.15, -0.1) is 0 Å². The standard InChI is InChI=1S/C31H39NO6/c1-22(10-8-9-17-33)30(37-20-26-13-15-28(36-4)16-14-26)24(3)29(34)23(2)19-32-27(21-38-31(32)35)18-25-11-6-5-7-12-25/h5-16,22-24,27,29-30,34H,18-21H2,1-4H3/b10-8-/t22-,23+,24-,27+,29-,30-/m0/s1. The Kier molecular flexibility index (Phi) is 11.2. The molecule has 2 aromatic carbocycles. The van der Waals surface area contributed by atoms with Crippen LogP contribution in [0.4, 0.5) is 4.79 Å². The minimum Gasteiger partial charge on any atom is -0.497 e. The molecule has 1 saturated heterocycles. The van der Waals surface area contributed by atoms with Crippen molar-refractivity contribution in [3.63, 3.8) is 0 Å². The number of nitrogens with zero attached hydrogens (tertiary/aromatic N) is 1. The highest BCUT2D eigenvalue weighted by atomic mass is 16.6. The number of ether oxygens (including phenoxy) is 3. The van der Waals surface area contributed by atoms with Crippen LogP contribution in [-0.4, -0.2) is 60.6 Å². The highest BCUT2D eigenvalue weighted by Crippen LogP contribution is 2.28. The molecule has 7 heteroatoms. The van der Waals surface area contributed by atoms with Crippen LogP contribution in [0.15, 0.2) is 72.8 Å². The second-order valence-corrected chi connectivity index (χ2v) is 10.1. The van der Waals surface area contributed by atoms with E-state index in [9.17, 15) is 14.7 Å². The summed E-state index contributed by atoms with van der Waals surface area (Å²) in [5.41, 5.74) is 2.12. The normalized spacial score (nSPS) is 19.3. The molecule has 3 rings (SSSR count). The summed E-state index contributed by atoms with van der Waals surface area (Å²) < 4.78 is 16.9. The lowest BCUT2D eigenvalue weighted by Gasteiger charge is -2.35. The molecule has 38 heavy (non-hydrogen) atoms. The Balaban J connectivity index is 1.69. The number of allylic oxidation sites excluding steroid dienone is 2. The van der Waals surface area contributed by atoms with Gasteiger partial charge in [0, 0.05) is 30.4 Å². The lowest BCUT2D eigenvalue weighted by molar-refractivity contribution is -0.0709. The highest BCUT2D eigenvalue weighted by Gasteiger charge is 2.37. The Morgan fingerprint density at radius 3 is 2.47 bits per heavy atom. The van der Waals surface area contributed by atoms with Crippen molar-refractivity contribution in [2.45, 2.75) is 52.0 Å². The molecule has 1 fully saturated rings. The zero-order valence-electron chi connectivity index (χ0n) is 22.7. The Labute approximate surface area is 225 Å². The van der Waals surface area contributed by atoms with Gasteiger partial charge in [-0.2, -0.15) is 0 Å². The van der Waals surface area contributed by atoms with Crippen LogP contribution in [0.3, 0.4) is 0 Å². The van der Waals surface area contributed by atoms with Crippen molar-refractivity contribution in [2.24, 2.45) is 17.8 Å². The van der Waals surface area contributed by atoms with Crippen LogP contribution in [-0.2, 0) is 27.3 Å². The number of cyclic esters (lactones) is 1. The zero-order chi connectivity index (χ0) is 27.5. The minimum atomic E-state index is -0.737. The second kappa shape index (κ2) is 14.5. The van der Waals surface area contributed by atoms with Crippen molar-refractivity contribution in [3.05, 3.63) is 84.0 Å². The summed E-state index contributed by atoms with van der Waals surface area (Å²) in [4.78, 5) is 24.9. The van der Waals surface area contributed by atoms with Crippen molar-refractivity contribution in [3.8, 4) is 5.75 Å². The van der Waals surface area contributed by atoms with Gasteiger partial charge in [0.05, 0.1) is 32.0 Å². The largest absolute Gasteiger partial charge is 0.497 e. The molecule has 1 N–H and O–H groups in total. The van der Waals surface area contributed by atoms with E-state index in [4.69, 9.17) is 14.2 Å². The van der Waals surface area contributed by atoms with E-state index in [0.29, 0.717) is 26.2 Å². The van der Waals surface area contributed by atoms with Gasteiger partial charge in [0.2, 0.25) is 0 Å². The lowest BCUT2D eigenvalue weighted by Crippen LogP contribution is -2.45. The topological polar surface area (TPSA) is 85.3 Å². The van der Waals surface area contributed by atoms with Crippen LogP contribution in [0.25, 0.3) is 0 Å². The van der Waals surface area contributed by atoms with E-state index in [1.807, 2.05) is 81.4 Å². The first kappa shape index (κ1) is 29.2. The van der Waals surface area contributed by atoms with E-state index < -0.39 is 6.10 Å². The molecule has 0 bridgehead atoms. The van der Waals surface area contributed by atoms with E-state index in [1.54, 1.807) is 24.0 Å². The number of carbonyl (C=O) groups excluding carboxylic acids is 2. The smallest absolute Gasteiger partial charge is 0.410 e. The maximum absolute atomic E-state index is 12.5. The monoisotopic (exact) mass is 521 g/mol. The van der Waals surface area contributed by atoms with Gasteiger partial charge < -0.3 is 24.2 Å². The fourth-order valence-corrected chi connectivity index (χ4v) is 4.98. The van der Waals surface area contributed by atoms with Gasteiger partial charge in [0.15, 0.2) is 0 Å². The number of hydrogen-bond acceptors (Lipinski definition) is 6. The van der Waals surface area contributed by atoms with E-state index in [1.165, 1.54) is 6.08 Å².